The lowest BCUT2D eigenvalue weighted by Gasteiger charge is -2.29. The van der Waals surface area contributed by atoms with E-state index < -0.39 is 0 Å². The van der Waals surface area contributed by atoms with E-state index in [0.29, 0.717) is 13.0 Å². The van der Waals surface area contributed by atoms with Crippen LogP contribution in [-0.2, 0) is 4.79 Å². The average molecular weight is 259 g/mol. The summed E-state index contributed by atoms with van der Waals surface area (Å²) in [5.74, 6) is -0.0210. The number of amides is 1. The highest BCUT2D eigenvalue weighted by atomic mass is 16.1. The maximum atomic E-state index is 11.6. The number of rotatable bonds is 7. The SMILES string of the molecule is CCCN(CC(=O)NC)C(CC#N)c1ccccc1. The van der Waals surface area contributed by atoms with Crippen molar-refractivity contribution in [3.05, 3.63) is 35.9 Å². The van der Waals surface area contributed by atoms with E-state index in [1.807, 2.05) is 30.3 Å². The van der Waals surface area contributed by atoms with Gasteiger partial charge in [-0.25, -0.2) is 0 Å². The summed E-state index contributed by atoms with van der Waals surface area (Å²) < 4.78 is 0. The Morgan fingerprint density at radius 3 is 2.63 bits per heavy atom. The van der Waals surface area contributed by atoms with E-state index in [1.54, 1.807) is 7.05 Å². The van der Waals surface area contributed by atoms with Gasteiger partial charge in [0.2, 0.25) is 5.91 Å². The second-order valence-electron chi connectivity index (χ2n) is 4.43. The van der Waals surface area contributed by atoms with Gasteiger partial charge in [-0.2, -0.15) is 5.26 Å². The molecule has 4 heteroatoms. The summed E-state index contributed by atoms with van der Waals surface area (Å²) in [5.41, 5.74) is 1.08. The Bertz CT molecular complexity index is 425. The molecule has 1 amide bonds. The Hall–Kier alpha value is -1.86. The van der Waals surface area contributed by atoms with Gasteiger partial charge in [-0.05, 0) is 18.5 Å². The lowest BCUT2D eigenvalue weighted by molar-refractivity contribution is -0.122. The monoisotopic (exact) mass is 259 g/mol. The van der Waals surface area contributed by atoms with Crippen LogP contribution < -0.4 is 5.32 Å². The fourth-order valence-corrected chi connectivity index (χ4v) is 2.12. The summed E-state index contributed by atoms with van der Waals surface area (Å²) >= 11 is 0. The first-order valence-electron chi connectivity index (χ1n) is 6.59. The van der Waals surface area contributed by atoms with Crippen LogP contribution in [0.15, 0.2) is 30.3 Å². The van der Waals surface area contributed by atoms with E-state index >= 15 is 0 Å². The number of hydrogen-bond donors (Lipinski definition) is 1. The average Bonchev–Trinajstić information content (AvgIpc) is 2.45. The van der Waals surface area contributed by atoms with Crippen LogP contribution in [0, 0.1) is 11.3 Å². The van der Waals surface area contributed by atoms with E-state index in [9.17, 15) is 4.79 Å². The minimum Gasteiger partial charge on any atom is -0.358 e. The third-order valence-corrected chi connectivity index (χ3v) is 3.05. The predicted octanol–water partition coefficient (Wildman–Crippen LogP) is 2.10. The highest BCUT2D eigenvalue weighted by Gasteiger charge is 2.21. The van der Waals surface area contributed by atoms with Crippen molar-refractivity contribution in [2.24, 2.45) is 0 Å². The minimum absolute atomic E-state index is 0.0210. The molecule has 1 N–H and O–H groups in total. The number of nitriles is 1. The number of carbonyl (C=O) groups excluding carboxylic acids is 1. The predicted molar refractivity (Wildman–Crippen MR) is 75.3 cm³/mol. The van der Waals surface area contributed by atoms with Crippen molar-refractivity contribution in [1.82, 2.24) is 10.2 Å². The molecule has 0 aliphatic carbocycles. The molecule has 102 valence electrons. The van der Waals surface area contributed by atoms with E-state index in [1.165, 1.54) is 0 Å². The van der Waals surface area contributed by atoms with Crippen molar-refractivity contribution in [3.63, 3.8) is 0 Å². The number of hydrogen-bond acceptors (Lipinski definition) is 3. The van der Waals surface area contributed by atoms with Gasteiger partial charge in [0.1, 0.15) is 0 Å². The van der Waals surface area contributed by atoms with Crippen molar-refractivity contribution < 1.29 is 4.79 Å². The number of carbonyl (C=O) groups is 1. The van der Waals surface area contributed by atoms with E-state index in [-0.39, 0.29) is 11.9 Å². The first kappa shape index (κ1) is 15.2. The Balaban J connectivity index is 2.92. The third kappa shape index (κ3) is 4.72. The van der Waals surface area contributed by atoms with Gasteiger partial charge < -0.3 is 5.32 Å². The second-order valence-corrected chi connectivity index (χ2v) is 4.43. The number of nitrogens with one attached hydrogen (secondary N) is 1. The van der Waals surface area contributed by atoms with Crippen molar-refractivity contribution in [2.75, 3.05) is 20.1 Å². The molecule has 1 atom stereocenters. The molecule has 0 heterocycles. The van der Waals surface area contributed by atoms with Crippen molar-refractivity contribution in [3.8, 4) is 6.07 Å². The van der Waals surface area contributed by atoms with Crippen molar-refractivity contribution in [1.29, 1.82) is 5.26 Å². The highest BCUT2D eigenvalue weighted by molar-refractivity contribution is 5.77. The Morgan fingerprint density at radius 1 is 1.42 bits per heavy atom. The van der Waals surface area contributed by atoms with Gasteiger partial charge in [0, 0.05) is 13.1 Å². The first-order chi connectivity index (χ1) is 9.22. The van der Waals surface area contributed by atoms with Crippen molar-refractivity contribution >= 4 is 5.91 Å². The summed E-state index contributed by atoms with van der Waals surface area (Å²) in [6.45, 7) is 3.20. The molecule has 0 bridgehead atoms. The summed E-state index contributed by atoms with van der Waals surface area (Å²) in [4.78, 5) is 13.7. The van der Waals surface area contributed by atoms with Crippen LogP contribution in [0.5, 0.6) is 0 Å². The van der Waals surface area contributed by atoms with Gasteiger partial charge in [0.15, 0.2) is 0 Å². The lowest BCUT2D eigenvalue weighted by Crippen LogP contribution is -2.38. The van der Waals surface area contributed by atoms with Gasteiger partial charge in [-0.3, -0.25) is 9.69 Å². The largest absolute Gasteiger partial charge is 0.358 e. The van der Waals surface area contributed by atoms with Crippen LogP contribution in [0.3, 0.4) is 0 Å². The zero-order chi connectivity index (χ0) is 14.1. The van der Waals surface area contributed by atoms with Crippen LogP contribution in [0.25, 0.3) is 0 Å². The fraction of sp³-hybridized carbons (Fsp3) is 0.467. The summed E-state index contributed by atoms with van der Waals surface area (Å²) in [6.07, 6.45) is 1.34. The molecule has 0 fully saturated rings. The molecule has 0 aromatic heterocycles. The normalized spacial score (nSPS) is 11.9. The van der Waals surface area contributed by atoms with Gasteiger partial charge >= 0.3 is 0 Å². The molecule has 0 saturated heterocycles. The van der Waals surface area contributed by atoms with E-state index in [0.717, 1.165) is 18.5 Å². The maximum Gasteiger partial charge on any atom is 0.233 e. The molecular weight excluding hydrogens is 238 g/mol. The van der Waals surface area contributed by atoms with Crippen LogP contribution in [0.4, 0.5) is 0 Å². The minimum atomic E-state index is -0.0246. The number of nitrogens with zero attached hydrogens (tertiary/aromatic N) is 2. The van der Waals surface area contributed by atoms with Gasteiger partial charge in [0.25, 0.3) is 0 Å². The maximum absolute atomic E-state index is 11.6. The van der Waals surface area contributed by atoms with E-state index in [4.69, 9.17) is 5.26 Å². The molecule has 19 heavy (non-hydrogen) atoms. The molecule has 1 aromatic rings. The Kier molecular flexibility index (Phi) is 6.62. The lowest BCUT2D eigenvalue weighted by atomic mass is 10.0. The molecular formula is C15H21N3O. The molecule has 0 saturated carbocycles. The smallest absolute Gasteiger partial charge is 0.233 e. The quantitative estimate of drug-likeness (QED) is 0.816. The van der Waals surface area contributed by atoms with Crippen LogP contribution in [0.1, 0.15) is 31.4 Å². The zero-order valence-electron chi connectivity index (χ0n) is 11.6. The summed E-state index contributed by atoms with van der Waals surface area (Å²) in [5, 5.41) is 11.7. The molecule has 0 aliphatic heterocycles. The Morgan fingerprint density at radius 2 is 2.11 bits per heavy atom. The van der Waals surface area contributed by atoms with Gasteiger partial charge in [-0.15, -0.1) is 0 Å². The third-order valence-electron chi connectivity index (χ3n) is 3.05. The van der Waals surface area contributed by atoms with Crippen molar-refractivity contribution in [2.45, 2.75) is 25.8 Å². The highest BCUT2D eigenvalue weighted by Crippen LogP contribution is 2.23. The molecule has 1 unspecified atom stereocenters. The topological polar surface area (TPSA) is 56.1 Å². The zero-order valence-corrected chi connectivity index (χ0v) is 11.6. The summed E-state index contributed by atoms with van der Waals surface area (Å²) in [7, 11) is 1.63. The number of likely N-dealkylation sites (N-methyl/N-ethyl adjacent to an activating group) is 1. The fourth-order valence-electron chi connectivity index (χ4n) is 2.12. The molecule has 0 radical (unpaired) electrons. The molecule has 4 nitrogen and oxygen atoms in total. The molecule has 1 rings (SSSR count). The summed E-state index contributed by atoms with van der Waals surface area (Å²) in [6, 6.07) is 12.1. The molecule has 0 spiro atoms. The van der Waals surface area contributed by atoms with Crippen LogP contribution >= 0.6 is 0 Å². The van der Waals surface area contributed by atoms with Crippen LogP contribution in [0.2, 0.25) is 0 Å². The second kappa shape index (κ2) is 8.28. The van der Waals surface area contributed by atoms with Gasteiger partial charge in [-0.1, -0.05) is 37.3 Å². The molecule has 1 aromatic carbocycles. The standard InChI is InChI=1S/C15H21N3O/c1-3-11-18(12-15(19)17-2)14(9-10-16)13-7-5-4-6-8-13/h4-8,14H,3,9,11-12H2,1-2H3,(H,17,19). The van der Waals surface area contributed by atoms with E-state index in [2.05, 4.69) is 23.2 Å². The number of benzene rings is 1. The Labute approximate surface area is 115 Å². The first-order valence-corrected chi connectivity index (χ1v) is 6.59. The van der Waals surface area contributed by atoms with Gasteiger partial charge in [0.05, 0.1) is 19.0 Å². The molecule has 0 aliphatic rings. The van der Waals surface area contributed by atoms with Crippen LogP contribution in [-0.4, -0.2) is 30.9 Å².